The molecular weight excluding hydrogens is 299 g/mol. The van der Waals surface area contributed by atoms with Gasteiger partial charge in [0.25, 0.3) is 0 Å². The molecule has 0 radical (unpaired) electrons. The van der Waals surface area contributed by atoms with E-state index in [1.54, 1.807) is 13.8 Å². The van der Waals surface area contributed by atoms with Crippen molar-refractivity contribution in [3.63, 3.8) is 0 Å². The Morgan fingerprint density at radius 2 is 1.89 bits per heavy atom. The third-order valence-electron chi connectivity index (χ3n) is 2.39. The van der Waals surface area contributed by atoms with E-state index in [1.165, 1.54) is 6.07 Å². The molecule has 0 saturated carbocycles. The van der Waals surface area contributed by atoms with Crippen LogP contribution in [0.15, 0.2) is 18.2 Å². The number of carbonyl (C=O) groups is 1. The molecule has 0 aliphatic heterocycles. The largest absolute Gasteiger partial charge is 0.416 e. The van der Waals surface area contributed by atoms with E-state index in [4.69, 9.17) is 11.6 Å². The molecular formula is C12H13ClF3NOS. The standard InChI is InChI=1S/C12H13ClF3NOS/c1-6(2)10(19)11(18)17-9-4-7(12(14,15)16)3-8(13)5-9/h3-6,10,19H,1-2H3,(H,17,18). The molecule has 1 unspecified atom stereocenters. The maximum Gasteiger partial charge on any atom is 0.416 e. The van der Waals surface area contributed by atoms with Gasteiger partial charge in [0.05, 0.1) is 10.8 Å². The molecule has 1 aromatic rings. The Labute approximate surface area is 119 Å². The molecule has 0 aliphatic carbocycles. The van der Waals surface area contributed by atoms with E-state index < -0.39 is 22.9 Å². The number of hydrogen-bond donors (Lipinski definition) is 2. The fourth-order valence-electron chi connectivity index (χ4n) is 1.34. The van der Waals surface area contributed by atoms with Gasteiger partial charge in [-0.3, -0.25) is 4.79 Å². The summed E-state index contributed by atoms with van der Waals surface area (Å²) in [7, 11) is 0. The van der Waals surface area contributed by atoms with Crippen molar-refractivity contribution < 1.29 is 18.0 Å². The van der Waals surface area contributed by atoms with Gasteiger partial charge in [0.15, 0.2) is 0 Å². The molecule has 1 amide bonds. The van der Waals surface area contributed by atoms with Crippen LogP contribution < -0.4 is 5.32 Å². The number of benzene rings is 1. The number of hydrogen-bond acceptors (Lipinski definition) is 2. The molecule has 0 saturated heterocycles. The summed E-state index contributed by atoms with van der Waals surface area (Å²) in [4.78, 5) is 11.7. The number of thiol groups is 1. The van der Waals surface area contributed by atoms with Crippen molar-refractivity contribution in [3.05, 3.63) is 28.8 Å². The number of carbonyl (C=O) groups excluding carboxylic acids is 1. The lowest BCUT2D eigenvalue weighted by molar-refractivity contribution is -0.137. The summed E-state index contributed by atoms with van der Waals surface area (Å²) < 4.78 is 37.8. The Morgan fingerprint density at radius 3 is 2.37 bits per heavy atom. The maximum atomic E-state index is 12.6. The van der Waals surface area contributed by atoms with Gasteiger partial charge in [-0.2, -0.15) is 25.8 Å². The van der Waals surface area contributed by atoms with Crippen molar-refractivity contribution in [2.24, 2.45) is 5.92 Å². The van der Waals surface area contributed by atoms with E-state index in [0.717, 1.165) is 12.1 Å². The van der Waals surface area contributed by atoms with Crippen molar-refractivity contribution in [1.82, 2.24) is 0 Å². The monoisotopic (exact) mass is 311 g/mol. The summed E-state index contributed by atoms with van der Waals surface area (Å²) >= 11 is 9.70. The lowest BCUT2D eigenvalue weighted by Crippen LogP contribution is -2.27. The fraction of sp³-hybridized carbons (Fsp3) is 0.417. The summed E-state index contributed by atoms with van der Waals surface area (Å²) in [5, 5.41) is 1.68. The van der Waals surface area contributed by atoms with Crippen LogP contribution >= 0.6 is 24.2 Å². The molecule has 0 aromatic heterocycles. The molecule has 1 aromatic carbocycles. The van der Waals surface area contributed by atoms with Gasteiger partial charge in [-0.25, -0.2) is 0 Å². The Bertz CT molecular complexity index is 477. The second-order valence-corrected chi connectivity index (χ2v) is 5.40. The normalized spacial score (nSPS) is 13.5. The van der Waals surface area contributed by atoms with Crippen LogP contribution in [-0.4, -0.2) is 11.2 Å². The molecule has 0 bridgehead atoms. The quantitative estimate of drug-likeness (QED) is 0.803. The van der Waals surface area contributed by atoms with Crippen molar-refractivity contribution in [1.29, 1.82) is 0 Å². The third kappa shape index (κ3) is 4.62. The number of nitrogens with one attached hydrogen (secondary N) is 1. The molecule has 106 valence electrons. The summed E-state index contributed by atoms with van der Waals surface area (Å²) in [5.41, 5.74) is -0.903. The lowest BCUT2D eigenvalue weighted by atomic mass is 10.1. The van der Waals surface area contributed by atoms with E-state index in [-0.39, 0.29) is 16.6 Å². The van der Waals surface area contributed by atoms with E-state index >= 15 is 0 Å². The number of alkyl halides is 3. The van der Waals surface area contributed by atoms with Gasteiger partial charge in [-0.1, -0.05) is 25.4 Å². The highest BCUT2D eigenvalue weighted by Crippen LogP contribution is 2.33. The number of anilines is 1. The van der Waals surface area contributed by atoms with Crippen LogP contribution in [0, 0.1) is 5.92 Å². The minimum absolute atomic E-state index is 0.00419. The average molecular weight is 312 g/mol. The van der Waals surface area contributed by atoms with Crippen LogP contribution in [0.1, 0.15) is 19.4 Å². The first-order valence-electron chi connectivity index (χ1n) is 5.48. The van der Waals surface area contributed by atoms with Gasteiger partial charge in [-0.15, -0.1) is 0 Å². The zero-order valence-corrected chi connectivity index (χ0v) is 11.9. The average Bonchev–Trinajstić information content (AvgIpc) is 2.25. The van der Waals surface area contributed by atoms with Crippen LogP contribution in [0.5, 0.6) is 0 Å². The predicted molar refractivity (Wildman–Crippen MR) is 72.7 cm³/mol. The lowest BCUT2D eigenvalue weighted by Gasteiger charge is -2.16. The number of halogens is 4. The molecule has 1 atom stereocenters. The van der Waals surface area contributed by atoms with Crippen molar-refractivity contribution in [2.45, 2.75) is 25.3 Å². The molecule has 1 N–H and O–H groups in total. The van der Waals surface area contributed by atoms with E-state index in [0.29, 0.717) is 0 Å². The Morgan fingerprint density at radius 1 is 1.32 bits per heavy atom. The van der Waals surface area contributed by atoms with Crippen molar-refractivity contribution in [2.75, 3.05) is 5.32 Å². The second kappa shape index (κ2) is 6.05. The van der Waals surface area contributed by atoms with Gasteiger partial charge in [0.2, 0.25) is 5.91 Å². The second-order valence-electron chi connectivity index (χ2n) is 4.40. The van der Waals surface area contributed by atoms with Crippen LogP contribution in [0.25, 0.3) is 0 Å². The van der Waals surface area contributed by atoms with Gasteiger partial charge in [0, 0.05) is 10.7 Å². The molecule has 7 heteroatoms. The van der Waals surface area contributed by atoms with E-state index in [9.17, 15) is 18.0 Å². The van der Waals surface area contributed by atoms with Crippen molar-refractivity contribution >= 4 is 35.8 Å². The highest BCUT2D eigenvalue weighted by atomic mass is 35.5. The number of rotatable bonds is 3. The van der Waals surface area contributed by atoms with Gasteiger partial charge >= 0.3 is 6.18 Å². The maximum absolute atomic E-state index is 12.6. The summed E-state index contributed by atoms with van der Waals surface area (Å²) in [6.07, 6.45) is -4.51. The summed E-state index contributed by atoms with van der Waals surface area (Å²) in [6, 6.07) is 2.90. The molecule has 0 spiro atoms. The summed E-state index contributed by atoms with van der Waals surface area (Å²) in [6.45, 7) is 3.58. The fourth-order valence-corrected chi connectivity index (χ4v) is 1.64. The van der Waals surface area contributed by atoms with Crippen molar-refractivity contribution in [3.8, 4) is 0 Å². The predicted octanol–water partition coefficient (Wildman–Crippen LogP) is 4.25. The zero-order chi connectivity index (χ0) is 14.8. The molecule has 0 fully saturated rings. The first-order chi connectivity index (χ1) is 8.61. The summed E-state index contributed by atoms with van der Waals surface area (Å²) in [5.74, 6) is -0.502. The molecule has 19 heavy (non-hydrogen) atoms. The smallest absolute Gasteiger partial charge is 0.325 e. The Kier molecular flexibility index (Phi) is 5.15. The minimum Gasteiger partial charge on any atom is -0.325 e. The molecule has 0 heterocycles. The van der Waals surface area contributed by atoms with Gasteiger partial charge in [-0.05, 0) is 24.1 Å². The zero-order valence-electron chi connectivity index (χ0n) is 10.3. The van der Waals surface area contributed by atoms with E-state index in [1.807, 2.05) is 0 Å². The third-order valence-corrected chi connectivity index (χ3v) is 3.44. The van der Waals surface area contributed by atoms with Crippen LogP contribution in [0.4, 0.5) is 18.9 Å². The van der Waals surface area contributed by atoms with Gasteiger partial charge in [0.1, 0.15) is 0 Å². The topological polar surface area (TPSA) is 29.1 Å². The van der Waals surface area contributed by atoms with Gasteiger partial charge < -0.3 is 5.32 Å². The number of amides is 1. The van der Waals surface area contributed by atoms with E-state index in [2.05, 4.69) is 17.9 Å². The SMILES string of the molecule is CC(C)C(S)C(=O)Nc1cc(Cl)cc(C(F)(F)F)c1. The Balaban J connectivity index is 2.97. The molecule has 2 nitrogen and oxygen atoms in total. The highest BCUT2D eigenvalue weighted by molar-refractivity contribution is 7.81. The van der Waals surface area contributed by atoms with Crippen LogP contribution in [-0.2, 0) is 11.0 Å². The molecule has 1 rings (SSSR count). The first-order valence-corrected chi connectivity index (χ1v) is 6.37. The minimum atomic E-state index is -4.51. The van der Waals surface area contributed by atoms with Crippen LogP contribution in [0.3, 0.4) is 0 Å². The first kappa shape index (κ1) is 16.2. The molecule has 0 aliphatic rings. The van der Waals surface area contributed by atoms with Crippen LogP contribution in [0.2, 0.25) is 5.02 Å². The highest BCUT2D eigenvalue weighted by Gasteiger charge is 2.31. The Hall–Kier alpha value is -0.880.